The zero-order valence-electron chi connectivity index (χ0n) is 12.0. The molecular weight excluding hydrogens is 294 g/mol. The average Bonchev–Trinajstić information content (AvgIpc) is 2.36. The molecule has 0 aliphatic heterocycles. The lowest BCUT2D eigenvalue weighted by Gasteiger charge is -2.30. The summed E-state index contributed by atoms with van der Waals surface area (Å²) >= 11 is 5.81. The Morgan fingerprint density at radius 3 is 2.48 bits per heavy atom. The van der Waals surface area contributed by atoms with Gasteiger partial charge in [-0.1, -0.05) is 31.5 Å². The zero-order chi connectivity index (χ0) is 15.6. The first-order chi connectivity index (χ1) is 9.88. The minimum absolute atomic E-state index is 0.0557. The molecule has 2 rings (SSSR count). The molecule has 1 saturated carbocycles. The van der Waals surface area contributed by atoms with Crippen molar-refractivity contribution in [1.82, 2.24) is 0 Å². The van der Waals surface area contributed by atoms with Crippen LogP contribution in [0.5, 0.6) is 0 Å². The van der Waals surface area contributed by atoms with Gasteiger partial charge in [0, 0.05) is 0 Å². The number of carbonyl (C=O) groups is 1. The molecule has 0 saturated heterocycles. The number of para-hydroxylation sites is 1. The predicted octanol–water partition coefficient (Wildman–Crippen LogP) is 4.23. The summed E-state index contributed by atoms with van der Waals surface area (Å²) in [5.41, 5.74) is -0.473. The maximum Gasteiger partial charge on any atom is 0.345 e. The lowest BCUT2D eigenvalue weighted by atomic mass is 9.82. The molecule has 1 fully saturated rings. The van der Waals surface area contributed by atoms with Gasteiger partial charge >= 0.3 is 11.7 Å². The smallest absolute Gasteiger partial charge is 0.345 e. The summed E-state index contributed by atoms with van der Waals surface area (Å²) in [6.07, 6.45) is 2.52. The van der Waals surface area contributed by atoms with Crippen molar-refractivity contribution in [3.63, 3.8) is 0 Å². The minimum Gasteiger partial charge on any atom is -0.459 e. The summed E-state index contributed by atoms with van der Waals surface area (Å²) in [7, 11) is 0. The lowest BCUT2D eigenvalue weighted by molar-refractivity contribution is -0.385. The van der Waals surface area contributed by atoms with Crippen LogP contribution in [0.4, 0.5) is 5.69 Å². The highest BCUT2D eigenvalue weighted by atomic mass is 35.5. The summed E-state index contributed by atoms with van der Waals surface area (Å²) in [6.45, 7) is 4.25. The van der Waals surface area contributed by atoms with E-state index in [0.717, 1.165) is 19.3 Å². The third kappa shape index (κ3) is 3.73. The SMILES string of the molecule is CC1CC(C)CC(OC(=O)c2cccc(Cl)c2[N+](=O)[O-])C1. The van der Waals surface area contributed by atoms with E-state index in [4.69, 9.17) is 16.3 Å². The van der Waals surface area contributed by atoms with Crippen molar-refractivity contribution in [2.24, 2.45) is 11.8 Å². The highest BCUT2D eigenvalue weighted by Gasteiger charge is 2.30. The van der Waals surface area contributed by atoms with Gasteiger partial charge in [0.25, 0.3) is 0 Å². The van der Waals surface area contributed by atoms with Crippen molar-refractivity contribution < 1.29 is 14.5 Å². The van der Waals surface area contributed by atoms with Crippen LogP contribution in [0.15, 0.2) is 18.2 Å². The van der Waals surface area contributed by atoms with Crippen molar-refractivity contribution in [2.45, 2.75) is 39.2 Å². The number of nitro benzene ring substituents is 1. The molecule has 0 spiro atoms. The Bertz CT molecular complexity index is 551. The van der Waals surface area contributed by atoms with E-state index in [1.54, 1.807) is 0 Å². The van der Waals surface area contributed by atoms with Gasteiger partial charge < -0.3 is 4.74 Å². The van der Waals surface area contributed by atoms with Gasteiger partial charge in [-0.2, -0.15) is 0 Å². The Kier molecular flexibility index (Phi) is 4.83. The molecule has 0 radical (unpaired) electrons. The standard InChI is InChI=1S/C15H18ClNO4/c1-9-6-10(2)8-11(7-9)21-15(18)12-4-3-5-13(16)14(12)17(19)20/h3-5,9-11H,6-8H2,1-2H3. The van der Waals surface area contributed by atoms with Crippen molar-refractivity contribution >= 4 is 23.3 Å². The van der Waals surface area contributed by atoms with Gasteiger partial charge in [-0.3, -0.25) is 10.1 Å². The van der Waals surface area contributed by atoms with Crippen LogP contribution in [-0.2, 0) is 4.74 Å². The molecule has 114 valence electrons. The second-order valence-corrected chi connectivity index (χ2v) is 6.25. The first kappa shape index (κ1) is 15.8. The third-order valence-corrected chi connectivity index (χ3v) is 4.10. The fourth-order valence-corrected chi connectivity index (χ4v) is 3.29. The van der Waals surface area contributed by atoms with Crippen molar-refractivity contribution in [1.29, 1.82) is 0 Å². The fraction of sp³-hybridized carbons (Fsp3) is 0.533. The van der Waals surface area contributed by atoms with Crippen LogP contribution >= 0.6 is 11.6 Å². The maximum atomic E-state index is 12.2. The van der Waals surface area contributed by atoms with E-state index < -0.39 is 10.9 Å². The Hall–Kier alpha value is -1.62. The van der Waals surface area contributed by atoms with Gasteiger partial charge in [-0.25, -0.2) is 4.79 Å². The van der Waals surface area contributed by atoms with Crippen LogP contribution in [0.2, 0.25) is 5.02 Å². The monoisotopic (exact) mass is 311 g/mol. The van der Waals surface area contributed by atoms with Gasteiger partial charge in [0.05, 0.1) is 4.92 Å². The van der Waals surface area contributed by atoms with E-state index in [1.807, 2.05) is 0 Å². The number of carbonyl (C=O) groups excluding carboxylic acids is 1. The van der Waals surface area contributed by atoms with Crippen LogP contribution in [0.25, 0.3) is 0 Å². The minimum atomic E-state index is -0.671. The molecule has 1 aliphatic rings. The first-order valence-electron chi connectivity index (χ1n) is 7.02. The van der Waals surface area contributed by atoms with Gasteiger partial charge in [0.15, 0.2) is 0 Å². The van der Waals surface area contributed by atoms with Gasteiger partial charge in [0.1, 0.15) is 16.7 Å². The molecule has 5 nitrogen and oxygen atoms in total. The number of nitro groups is 1. The second kappa shape index (κ2) is 6.43. The normalized spacial score (nSPS) is 25.4. The Morgan fingerprint density at radius 1 is 1.29 bits per heavy atom. The largest absolute Gasteiger partial charge is 0.459 e. The predicted molar refractivity (Wildman–Crippen MR) is 79.5 cm³/mol. The number of halogens is 1. The zero-order valence-corrected chi connectivity index (χ0v) is 12.8. The van der Waals surface area contributed by atoms with E-state index in [0.29, 0.717) is 11.8 Å². The summed E-state index contributed by atoms with van der Waals surface area (Å²) in [5, 5.41) is 11.0. The number of hydrogen-bond acceptors (Lipinski definition) is 4. The van der Waals surface area contributed by atoms with Crippen LogP contribution in [-0.4, -0.2) is 17.0 Å². The highest BCUT2D eigenvalue weighted by molar-refractivity contribution is 6.33. The molecular formula is C15H18ClNO4. The number of rotatable bonds is 3. The molecule has 6 heteroatoms. The topological polar surface area (TPSA) is 69.4 Å². The molecule has 2 unspecified atom stereocenters. The number of nitrogens with zero attached hydrogens (tertiary/aromatic N) is 1. The molecule has 0 amide bonds. The molecule has 0 heterocycles. The van der Waals surface area contributed by atoms with Crippen molar-refractivity contribution in [3.05, 3.63) is 38.9 Å². The maximum absolute atomic E-state index is 12.2. The van der Waals surface area contributed by atoms with E-state index in [9.17, 15) is 14.9 Å². The van der Waals surface area contributed by atoms with Crippen LogP contribution in [0.1, 0.15) is 43.5 Å². The number of benzene rings is 1. The average molecular weight is 312 g/mol. The van der Waals surface area contributed by atoms with Gasteiger partial charge in [0.2, 0.25) is 0 Å². The van der Waals surface area contributed by atoms with E-state index in [2.05, 4.69) is 13.8 Å². The Labute approximate surface area is 128 Å². The van der Waals surface area contributed by atoms with Gasteiger partial charge in [-0.15, -0.1) is 0 Å². The number of hydrogen-bond donors (Lipinski definition) is 0. The van der Waals surface area contributed by atoms with E-state index >= 15 is 0 Å². The summed E-state index contributed by atoms with van der Waals surface area (Å²) < 4.78 is 5.46. The third-order valence-electron chi connectivity index (χ3n) is 3.80. The van der Waals surface area contributed by atoms with Crippen LogP contribution in [0.3, 0.4) is 0 Å². The molecule has 1 aliphatic carbocycles. The molecule has 0 aromatic heterocycles. The number of esters is 1. The van der Waals surface area contributed by atoms with Crippen LogP contribution in [0, 0.1) is 22.0 Å². The van der Waals surface area contributed by atoms with Crippen LogP contribution < -0.4 is 0 Å². The first-order valence-corrected chi connectivity index (χ1v) is 7.40. The Morgan fingerprint density at radius 2 is 1.90 bits per heavy atom. The summed E-state index contributed by atoms with van der Waals surface area (Å²) in [5.74, 6) is 0.303. The van der Waals surface area contributed by atoms with Crippen molar-refractivity contribution in [3.8, 4) is 0 Å². The molecule has 0 N–H and O–H groups in total. The van der Waals surface area contributed by atoms with E-state index in [1.165, 1.54) is 18.2 Å². The van der Waals surface area contributed by atoms with E-state index in [-0.39, 0.29) is 22.4 Å². The molecule has 1 aromatic rings. The summed E-state index contributed by atoms with van der Waals surface area (Å²) in [4.78, 5) is 22.6. The molecule has 2 atom stereocenters. The molecule has 0 bridgehead atoms. The fourth-order valence-electron chi connectivity index (χ4n) is 3.05. The second-order valence-electron chi connectivity index (χ2n) is 5.84. The summed E-state index contributed by atoms with van der Waals surface area (Å²) in [6, 6.07) is 4.28. The highest BCUT2D eigenvalue weighted by Crippen LogP contribution is 2.33. The number of ether oxygens (including phenoxy) is 1. The van der Waals surface area contributed by atoms with Gasteiger partial charge in [-0.05, 0) is 43.2 Å². The Balaban J connectivity index is 2.17. The quantitative estimate of drug-likeness (QED) is 0.476. The lowest BCUT2D eigenvalue weighted by Crippen LogP contribution is -2.28. The van der Waals surface area contributed by atoms with Crippen molar-refractivity contribution in [2.75, 3.05) is 0 Å². The molecule has 1 aromatic carbocycles. The molecule has 21 heavy (non-hydrogen) atoms.